The van der Waals surface area contributed by atoms with Crippen molar-refractivity contribution in [1.29, 1.82) is 0 Å². The van der Waals surface area contributed by atoms with Gasteiger partial charge in [-0.05, 0) is 179 Å². The van der Waals surface area contributed by atoms with Gasteiger partial charge in [0, 0.05) is 10.8 Å². The lowest BCUT2D eigenvalue weighted by Crippen LogP contribution is -2.41. The first-order chi connectivity index (χ1) is 35.1. The number of methoxy groups -OCH3 is 1. The van der Waals surface area contributed by atoms with E-state index >= 15 is 0 Å². The third kappa shape index (κ3) is 12.0. The van der Waals surface area contributed by atoms with Crippen molar-refractivity contribution >= 4 is 30.7 Å². The van der Waals surface area contributed by atoms with Crippen LogP contribution in [0.5, 0.6) is 0 Å². The van der Waals surface area contributed by atoms with E-state index in [1.54, 1.807) is 0 Å². The molecule has 3 aliphatic rings. The van der Waals surface area contributed by atoms with Crippen LogP contribution in [0.4, 0.5) is 0 Å². The minimum Gasteiger partial charge on any atom is -0.469 e. The number of hydrogen-bond acceptors (Lipinski definition) is 6. The summed E-state index contributed by atoms with van der Waals surface area (Å²) in [5.41, 5.74) is 15.0. The van der Waals surface area contributed by atoms with Crippen molar-refractivity contribution in [2.24, 2.45) is 0 Å². The fraction of sp³-hybridized carbons (Fsp3) is 0.478. The van der Waals surface area contributed by atoms with Gasteiger partial charge in [0.2, 0.25) is 0 Å². The average molecular weight is 999 g/mol. The second kappa shape index (κ2) is 23.1. The summed E-state index contributed by atoms with van der Waals surface area (Å²) in [6.07, 6.45) is 20.5. The topological polar surface area (TPSA) is 85.2 Å². The number of hydrogen-bond donors (Lipinski definition) is 2. The number of carbonyl (C=O) groups excluding carboxylic acids is 1. The van der Waals surface area contributed by atoms with Gasteiger partial charge in [-0.15, -0.1) is 0 Å². The van der Waals surface area contributed by atoms with Crippen LogP contribution in [0.25, 0.3) is 23.3 Å². The highest BCUT2D eigenvalue weighted by Crippen LogP contribution is 2.44. The summed E-state index contributed by atoms with van der Waals surface area (Å²) in [4.78, 5) is 11.6. The largest absolute Gasteiger partial charge is 0.495 e. The molecule has 0 unspecified atom stereocenters. The third-order valence-corrected chi connectivity index (χ3v) is 18.1. The molecule has 0 aromatic heterocycles. The Morgan fingerprint density at radius 2 is 0.959 bits per heavy atom. The highest BCUT2D eigenvalue weighted by molar-refractivity contribution is 6.62. The third-order valence-electron chi connectivity index (χ3n) is 18.1. The molecule has 2 N–H and O–H groups in total. The standard InChI is InChI=1S/C35H42O3.C32H45BO3/c1-6-35(7-2,30-15-14-28(25(3)22-30)18-21-34(37)19-8-9-20-34)31-16-17-32(26(4)23-31)29-12-10-27(11-13-29)24-33(36)38-5;1-9-32(10-2,26-14-13-25(23(3)21-26)17-20-31(34)18-11-12-19-31)27-15-16-28(24(4)22-27)33-35-29(5,6)30(7,8)36-33/h10-18,21-23,37H,6-9,19-20,24H2,1-5H3;13-17,20-22,34H,9-12,18-19H2,1-8H3/b21-18+;20-17+. The van der Waals surface area contributed by atoms with E-state index in [2.05, 4.69) is 180 Å². The van der Waals surface area contributed by atoms with Crippen molar-refractivity contribution in [1.82, 2.24) is 0 Å². The van der Waals surface area contributed by atoms with Crippen LogP contribution in [0.2, 0.25) is 0 Å². The van der Waals surface area contributed by atoms with Crippen molar-refractivity contribution in [2.75, 3.05) is 7.11 Å². The van der Waals surface area contributed by atoms with Gasteiger partial charge < -0.3 is 24.3 Å². The molecule has 1 heterocycles. The van der Waals surface area contributed by atoms with E-state index in [0.29, 0.717) is 6.42 Å². The number of ether oxygens (including phenoxy) is 1. The first kappa shape index (κ1) is 56.7. The molecule has 2 saturated carbocycles. The molecule has 3 fully saturated rings. The first-order valence-corrected chi connectivity index (χ1v) is 27.9. The molecule has 74 heavy (non-hydrogen) atoms. The summed E-state index contributed by atoms with van der Waals surface area (Å²) in [6, 6.07) is 35.6. The van der Waals surface area contributed by atoms with E-state index in [0.717, 1.165) is 93.6 Å². The summed E-state index contributed by atoms with van der Waals surface area (Å²) in [7, 11) is 1.08. The molecular weight excluding hydrogens is 912 g/mol. The van der Waals surface area contributed by atoms with Crippen LogP contribution in [0.3, 0.4) is 0 Å². The number of carbonyl (C=O) groups is 1. The monoisotopic (exact) mass is 999 g/mol. The van der Waals surface area contributed by atoms with Gasteiger partial charge in [-0.1, -0.05) is 180 Å². The van der Waals surface area contributed by atoms with Gasteiger partial charge in [0.15, 0.2) is 0 Å². The Morgan fingerprint density at radius 1 is 0.568 bits per heavy atom. The molecule has 0 bridgehead atoms. The molecule has 7 heteroatoms. The highest BCUT2D eigenvalue weighted by Gasteiger charge is 2.52. The number of rotatable bonds is 16. The van der Waals surface area contributed by atoms with E-state index in [4.69, 9.17) is 14.0 Å². The quantitative estimate of drug-likeness (QED) is 0.0757. The Bertz CT molecular complexity index is 2780. The fourth-order valence-corrected chi connectivity index (χ4v) is 12.1. The van der Waals surface area contributed by atoms with Crippen molar-refractivity contribution in [3.8, 4) is 11.1 Å². The number of benzene rings is 5. The van der Waals surface area contributed by atoms with Gasteiger partial charge in [-0.25, -0.2) is 0 Å². The maximum absolute atomic E-state index is 11.6. The predicted molar refractivity (Wildman–Crippen MR) is 309 cm³/mol. The van der Waals surface area contributed by atoms with Crippen molar-refractivity contribution in [2.45, 2.75) is 200 Å². The summed E-state index contributed by atoms with van der Waals surface area (Å²) >= 11 is 0. The zero-order valence-corrected chi connectivity index (χ0v) is 47.3. The molecule has 0 radical (unpaired) electrons. The van der Waals surface area contributed by atoms with Gasteiger partial charge in [0.05, 0.1) is 35.9 Å². The minimum absolute atomic E-state index is 0.0596. The SMILES string of the molecule is CCC(CC)(c1ccc(/C=C/C2(O)CCCC2)c(C)c1)c1ccc(-c2ccc(CC(=O)OC)cc2)c(C)c1.CCC(CC)(c1ccc(/C=C/C2(O)CCCC2)c(C)c1)c1ccc(B2OC(C)(C)C(C)(C)O2)c(C)c1. The molecule has 1 saturated heterocycles. The molecule has 1 aliphatic heterocycles. The molecule has 5 aromatic rings. The normalized spacial score (nSPS) is 18.0. The molecule has 394 valence electrons. The maximum atomic E-state index is 11.6. The van der Waals surface area contributed by atoms with Crippen LogP contribution in [0.15, 0.2) is 109 Å². The second-order valence-corrected chi connectivity index (χ2v) is 23.1. The molecule has 5 aromatic carbocycles. The minimum atomic E-state index is -0.636. The molecule has 0 amide bonds. The predicted octanol–water partition coefficient (Wildman–Crippen LogP) is 15.1. The smallest absolute Gasteiger partial charge is 0.469 e. The van der Waals surface area contributed by atoms with Gasteiger partial charge in [0.25, 0.3) is 0 Å². The average Bonchev–Trinajstić information content (AvgIpc) is 4.08. The van der Waals surface area contributed by atoms with E-state index in [-0.39, 0.29) is 35.1 Å². The molecular formula is C67H87BO6. The van der Waals surface area contributed by atoms with Gasteiger partial charge >= 0.3 is 13.1 Å². The second-order valence-electron chi connectivity index (χ2n) is 23.1. The van der Waals surface area contributed by atoms with Crippen molar-refractivity contribution < 1.29 is 29.1 Å². The molecule has 0 atom stereocenters. The van der Waals surface area contributed by atoms with Crippen LogP contribution >= 0.6 is 0 Å². The van der Waals surface area contributed by atoms with Crippen LogP contribution < -0.4 is 5.46 Å². The Morgan fingerprint density at radius 3 is 1.34 bits per heavy atom. The number of esters is 1. The van der Waals surface area contributed by atoms with E-state index in [9.17, 15) is 15.0 Å². The highest BCUT2D eigenvalue weighted by atomic mass is 16.7. The van der Waals surface area contributed by atoms with E-state index in [1.165, 1.54) is 68.3 Å². The van der Waals surface area contributed by atoms with Gasteiger partial charge in [-0.3, -0.25) is 4.79 Å². The lowest BCUT2D eigenvalue weighted by atomic mass is 9.68. The summed E-state index contributed by atoms with van der Waals surface area (Å²) in [6.45, 7) is 26.3. The van der Waals surface area contributed by atoms with Crippen molar-refractivity contribution in [3.63, 3.8) is 0 Å². The molecule has 2 aliphatic carbocycles. The summed E-state index contributed by atoms with van der Waals surface area (Å²) in [5, 5.41) is 21.5. The zero-order valence-electron chi connectivity index (χ0n) is 47.3. The lowest BCUT2D eigenvalue weighted by molar-refractivity contribution is -0.139. The number of aliphatic hydroxyl groups is 2. The van der Waals surface area contributed by atoms with Crippen molar-refractivity contribution in [3.05, 3.63) is 170 Å². The maximum Gasteiger partial charge on any atom is 0.495 e. The first-order valence-electron chi connectivity index (χ1n) is 27.9. The lowest BCUT2D eigenvalue weighted by Gasteiger charge is -2.34. The Kier molecular flexibility index (Phi) is 17.7. The summed E-state index contributed by atoms with van der Waals surface area (Å²) in [5.74, 6) is -0.223. The van der Waals surface area contributed by atoms with Crippen LogP contribution in [0, 0.1) is 27.7 Å². The van der Waals surface area contributed by atoms with E-state index in [1.807, 2.05) is 24.3 Å². The Labute approximate surface area is 446 Å². The van der Waals surface area contributed by atoms with Crippen LogP contribution in [-0.4, -0.2) is 52.8 Å². The Hall–Kier alpha value is -5.05. The summed E-state index contributed by atoms with van der Waals surface area (Å²) < 4.78 is 17.5. The molecule has 8 rings (SSSR count). The van der Waals surface area contributed by atoms with Crippen LogP contribution in [0.1, 0.15) is 194 Å². The van der Waals surface area contributed by atoms with E-state index < -0.39 is 11.2 Å². The van der Waals surface area contributed by atoms with Gasteiger partial charge in [0.1, 0.15) is 0 Å². The zero-order chi connectivity index (χ0) is 53.7. The Balaban J connectivity index is 0.000000217. The molecule has 6 nitrogen and oxygen atoms in total. The van der Waals surface area contributed by atoms with Gasteiger partial charge in [-0.2, -0.15) is 0 Å². The molecule has 0 spiro atoms. The number of aryl methyl sites for hydroxylation is 4. The van der Waals surface area contributed by atoms with Crippen LogP contribution in [-0.2, 0) is 36.1 Å². The fourth-order valence-electron chi connectivity index (χ4n) is 12.1.